The molecule has 1 fully saturated rings. The number of rotatable bonds is 5. The van der Waals surface area contributed by atoms with Gasteiger partial charge >= 0.3 is 0 Å². The van der Waals surface area contributed by atoms with E-state index < -0.39 is 0 Å². The second-order valence-corrected chi connectivity index (χ2v) is 5.97. The molecular weight excluding hydrogens is 294 g/mol. The lowest BCUT2D eigenvalue weighted by atomic mass is 10.1. The molecule has 0 bridgehead atoms. The van der Waals surface area contributed by atoms with Crippen molar-refractivity contribution in [2.24, 2.45) is 4.99 Å². The van der Waals surface area contributed by atoms with E-state index in [1.54, 1.807) is 4.90 Å². The first-order valence-corrected chi connectivity index (χ1v) is 8.21. The maximum absolute atomic E-state index is 11.6. The van der Waals surface area contributed by atoms with Crippen LogP contribution in [0.4, 0.5) is 0 Å². The van der Waals surface area contributed by atoms with Crippen molar-refractivity contribution in [1.82, 2.24) is 20.7 Å². The predicted octanol–water partition coefficient (Wildman–Crippen LogP) is 1.01. The minimum absolute atomic E-state index is 0.211. The van der Waals surface area contributed by atoms with Crippen molar-refractivity contribution in [1.29, 1.82) is 0 Å². The van der Waals surface area contributed by atoms with Crippen LogP contribution in [0.2, 0.25) is 0 Å². The molecule has 1 aromatic heterocycles. The number of aryl methyl sites for hydroxylation is 2. The summed E-state index contributed by atoms with van der Waals surface area (Å²) in [5, 5.41) is 10.7. The van der Waals surface area contributed by atoms with Gasteiger partial charge in [0.1, 0.15) is 5.76 Å². The number of carbonyl (C=O) groups is 1. The Balaban J connectivity index is 1.91. The highest BCUT2D eigenvalue weighted by Gasteiger charge is 2.23. The first kappa shape index (κ1) is 17.3. The van der Waals surface area contributed by atoms with Crippen LogP contribution in [-0.2, 0) is 11.2 Å². The number of carbonyl (C=O) groups excluding carboxylic acids is 1. The standard InChI is InChI=1S/C16H27N5O2/c1-5-17-16(19-13-6-7-15(22)21(4)10-13)18-9-8-14-11(2)20-23-12(14)3/h13H,5-10H2,1-4H3,(H2,17,18,19). The van der Waals surface area contributed by atoms with Gasteiger partial charge in [-0.3, -0.25) is 9.79 Å². The number of hydrogen-bond donors (Lipinski definition) is 2. The molecule has 2 N–H and O–H groups in total. The molecule has 1 atom stereocenters. The number of aliphatic imine (C=N–C) groups is 1. The van der Waals surface area contributed by atoms with Gasteiger partial charge in [-0.05, 0) is 33.6 Å². The van der Waals surface area contributed by atoms with Crippen molar-refractivity contribution < 1.29 is 9.32 Å². The van der Waals surface area contributed by atoms with E-state index in [4.69, 9.17) is 4.52 Å². The minimum atomic E-state index is 0.211. The van der Waals surface area contributed by atoms with Crippen molar-refractivity contribution in [2.45, 2.75) is 46.1 Å². The Labute approximate surface area is 137 Å². The Bertz CT molecular complexity index is 547. The molecule has 128 valence electrons. The third kappa shape index (κ3) is 4.71. The lowest BCUT2D eigenvalue weighted by Crippen LogP contribution is -2.51. The molecule has 2 rings (SSSR count). The van der Waals surface area contributed by atoms with Gasteiger partial charge in [-0.2, -0.15) is 0 Å². The van der Waals surface area contributed by atoms with E-state index in [1.165, 1.54) is 0 Å². The van der Waals surface area contributed by atoms with Crippen LogP contribution in [0.5, 0.6) is 0 Å². The van der Waals surface area contributed by atoms with E-state index in [-0.39, 0.29) is 11.9 Å². The zero-order chi connectivity index (χ0) is 16.8. The Morgan fingerprint density at radius 3 is 2.87 bits per heavy atom. The summed E-state index contributed by atoms with van der Waals surface area (Å²) in [4.78, 5) is 18.0. The lowest BCUT2D eigenvalue weighted by Gasteiger charge is -2.31. The zero-order valence-electron chi connectivity index (χ0n) is 14.5. The van der Waals surface area contributed by atoms with Crippen LogP contribution in [0.25, 0.3) is 0 Å². The van der Waals surface area contributed by atoms with Gasteiger partial charge in [0.25, 0.3) is 0 Å². The van der Waals surface area contributed by atoms with Gasteiger partial charge < -0.3 is 20.1 Å². The van der Waals surface area contributed by atoms with Gasteiger partial charge in [0, 0.05) is 44.7 Å². The summed E-state index contributed by atoms with van der Waals surface area (Å²) in [7, 11) is 1.84. The summed E-state index contributed by atoms with van der Waals surface area (Å²) in [6.07, 6.45) is 2.24. The van der Waals surface area contributed by atoms with Crippen LogP contribution in [0.15, 0.2) is 9.52 Å². The summed E-state index contributed by atoms with van der Waals surface area (Å²) < 4.78 is 5.18. The fourth-order valence-corrected chi connectivity index (χ4v) is 2.78. The molecular formula is C16H27N5O2. The molecule has 1 aliphatic rings. The number of hydrogen-bond acceptors (Lipinski definition) is 4. The zero-order valence-corrected chi connectivity index (χ0v) is 14.5. The quantitative estimate of drug-likeness (QED) is 0.625. The largest absolute Gasteiger partial charge is 0.361 e. The van der Waals surface area contributed by atoms with Gasteiger partial charge in [-0.15, -0.1) is 0 Å². The second kappa shape index (κ2) is 7.99. The second-order valence-electron chi connectivity index (χ2n) is 5.97. The van der Waals surface area contributed by atoms with Gasteiger partial charge in [-0.25, -0.2) is 0 Å². The fourth-order valence-electron chi connectivity index (χ4n) is 2.78. The predicted molar refractivity (Wildman–Crippen MR) is 89.5 cm³/mol. The highest BCUT2D eigenvalue weighted by molar-refractivity contribution is 5.81. The van der Waals surface area contributed by atoms with E-state index in [0.29, 0.717) is 19.5 Å². The number of piperidine rings is 1. The first-order valence-electron chi connectivity index (χ1n) is 8.21. The molecule has 1 amide bonds. The number of amides is 1. The van der Waals surface area contributed by atoms with Crippen LogP contribution < -0.4 is 10.6 Å². The molecule has 1 saturated heterocycles. The molecule has 7 nitrogen and oxygen atoms in total. The Kier molecular flexibility index (Phi) is 6.01. The van der Waals surface area contributed by atoms with Crippen LogP contribution in [0.3, 0.4) is 0 Å². The number of nitrogens with zero attached hydrogens (tertiary/aromatic N) is 3. The minimum Gasteiger partial charge on any atom is -0.361 e. The molecule has 1 unspecified atom stereocenters. The van der Waals surface area contributed by atoms with Crippen LogP contribution in [-0.4, -0.2) is 54.6 Å². The van der Waals surface area contributed by atoms with Crippen LogP contribution in [0.1, 0.15) is 36.8 Å². The van der Waals surface area contributed by atoms with Gasteiger partial charge in [0.2, 0.25) is 5.91 Å². The summed E-state index contributed by atoms with van der Waals surface area (Å²) in [5.74, 6) is 1.87. The van der Waals surface area contributed by atoms with Crippen molar-refractivity contribution in [3.63, 3.8) is 0 Å². The van der Waals surface area contributed by atoms with Gasteiger partial charge in [0.15, 0.2) is 5.96 Å². The topological polar surface area (TPSA) is 82.8 Å². The third-order valence-electron chi connectivity index (χ3n) is 4.12. The van der Waals surface area contributed by atoms with Crippen molar-refractivity contribution in [3.8, 4) is 0 Å². The molecule has 2 heterocycles. The summed E-state index contributed by atoms with van der Waals surface area (Å²) >= 11 is 0. The summed E-state index contributed by atoms with van der Waals surface area (Å²) in [6.45, 7) is 8.11. The SMILES string of the molecule is CCNC(=NCCc1c(C)noc1C)NC1CCC(=O)N(C)C1. The molecule has 0 aromatic carbocycles. The van der Waals surface area contributed by atoms with E-state index in [1.807, 2.05) is 27.8 Å². The number of likely N-dealkylation sites (tertiary alicyclic amines) is 1. The Morgan fingerprint density at radius 2 is 2.26 bits per heavy atom. The monoisotopic (exact) mass is 321 g/mol. The van der Waals surface area contributed by atoms with Crippen LogP contribution in [0, 0.1) is 13.8 Å². The number of likely N-dealkylation sites (N-methyl/N-ethyl adjacent to an activating group) is 1. The molecule has 0 aliphatic carbocycles. The fraction of sp³-hybridized carbons (Fsp3) is 0.688. The van der Waals surface area contributed by atoms with Crippen LogP contribution >= 0.6 is 0 Å². The average molecular weight is 321 g/mol. The smallest absolute Gasteiger partial charge is 0.222 e. The van der Waals surface area contributed by atoms with Crippen molar-refractivity contribution >= 4 is 11.9 Å². The van der Waals surface area contributed by atoms with E-state index >= 15 is 0 Å². The molecule has 1 aliphatic heterocycles. The molecule has 0 spiro atoms. The first-order chi connectivity index (χ1) is 11.0. The van der Waals surface area contributed by atoms with Crippen molar-refractivity contribution in [3.05, 3.63) is 17.0 Å². The average Bonchev–Trinajstić information content (AvgIpc) is 2.83. The lowest BCUT2D eigenvalue weighted by molar-refractivity contribution is -0.132. The molecule has 23 heavy (non-hydrogen) atoms. The number of aromatic nitrogens is 1. The maximum atomic E-state index is 11.6. The molecule has 7 heteroatoms. The number of nitrogens with one attached hydrogen (secondary N) is 2. The van der Waals surface area contributed by atoms with E-state index in [9.17, 15) is 4.79 Å². The van der Waals surface area contributed by atoms with E-state index in [0.717, 1.165) is 42.4 Å². The van der Waals surface area contributed by atoms with Gasteiger partial charge in [0.05, 0.1) is 5.69 Å². The third-order valence-corrected chi connectivity index (χ3v) is 4.12. The van der Waals surface area contributed by atoms with E-state index in [2.05, 4.69) is 20.8 Å². The van der Waals surface area contributed by atoms with Gasteiger partial charge in [-0.1, -0.05) is 5.16 Å². The Hall–Kier alpha value is -2.05. The Morgan fingerprint density at radius 1 is 1.48 bits per heavy atom. The highest BCUT2D eigenvalue weighted by atomic mass is 16.5. The normalized spacial score (nSPS) is 19.1. The molecule has 0 radical (unpaired) electrons. The highest BCUT2D eigenvalue weighted by Crippen LogP contribution is 2.13. The molecule has 0 saturated carbocycles. The maximum Gasteiger partial charge on any atom is 0.222 e. The number of guanidine groups is 1. The summed E-state index contributed by atoms with van der Waals surface area (Å²) in [5.41, 5.74) is 2.07. The molecule has 1 aromatic rings. The van der Waals surface area contributed by atoms with Crippen molar-refractivity contribution in [2.75, 3.05) is 26.7 Å². The summed E-state index contributed by atoms with van der Waals surface area (Å²) in [6, 6.07) is 0.245.